The molecular weight excluding hydrogens is 438 g/mol. The second-order valence-corrected chi connectivity index (χ2v) is 10.1. The van der Waals surface area contributed by atoms with Gasteiger partial charge in [-0.1, -0.05) is 64.4 Å². The molecule has 0 saturated carbocycles. The van der Waals surface area contributed by atoms with Gasteiger partial charge in [-0.15, -0.1) is 0 Å². The number of methoxy groups -OCH3 is 1. The maximum atomic E-state index is 13.6. The van der Waals surface area contributed by atoms with Crippen LogP contribution in [0.1, 0.15) is 51.7 Å². The summed E-state index contributed by atoms with van der Waals surface area (Å²) in [5, 5.41) is 1.18. The Hall–Kier alpha value is -3.28. The summed E-state index contributed by atoms with van der Waals surface area (Å²) >= 11 is 0. The highest BCUT2D eigenvalue weighted by Crippen LogP contribution is 2.21. The number of aromatic nitrogens is 1. The fourth-order valence-electron chi connectivity index (χ4n) is 4.18. The van der Waals surface area contributed by atoms with Gasteiger partial charge >= 0.3 is 0 Å². The van der Waals surface area contributed by atoms with E-state index in [1.165, 1.54) is 10.9 Å². The molecule has 1 heterocycles. The number of hydrogen-bond donors (Lipinski definition) is 1. The van der Waals surface area contributed by atoms with Crippen LogP contribution in [0, 0.1) is 5.41 Å². The van der Waals surface area contributed by atoms with Crippen LogP contribution in [0.25, 0.3) is 10.9 Å². The van der Waals surface area contributed by atoms with E-state index in [9.17, 15) is 9.59 Å². The SMILES string of the molecule is CCCCN(CC(=O)N(CCc1c[nH]c2ccccc12)Cc1ccc(OC)cc1)C(=O)C(C)(C)C. The number of aromatic amines is 1. The van der Waals surface area contributed by atoms with E-state index >= 15 is 0 Å². The van der Waals surface area contributed by atoms with Gasteiger partial charge in [0.2, 0.25) is 11.8 Å². The quantitative estimate of drug-likeness (QED) is 0.401. The Labute approximate surface area is 209 Å². The Kier molecular flexibility index (Phi) is 8.96. The maximum absolute atomic E-state index is 13.6. The number of benzene rings is 2. The normalized spacial score (nSPS) is 11.5. The summed E-state index contributed by atoms with van der Waals surface area (Å²) < 4.78 is 5.28. The third-order valence-electron chi connectivity index (χ3n) is 6.25. The van der Waals surface area contributed by atoms with E-state index in [1.54, 1.807) is 12.0 Å². The standard InChI is InChI=1S/C29H39N3O3/c1-6-7-17-32(28(34)29(2,3)4)21-27(33)31(20-22-12-14-24(35-5)15-13-22)18-16-23-19-30-26-11-9-8-10-25(23)26/h8-15,19,30H,6-7,16-18,20-21H2,1-5H3. The van der Waals surface area contributed by atoms with Gasteiger partial charge in [-0.05, 0) is 42.2 Å². The van der Waals surface area contributed by atoms with Gasteiger partial charge in [-0.3, -0.25) is 9.59 Å². The second-order valence-electron chi connectivity index (χ2n) is 10.1. The molecule has 2 amide bonds. The van der Waals surface area contributed by atoms with Crippen LogP contribution in [0.4, 0.5) is 0 Å². The first-order valence-corrected chi connectivity index (χ1v) is 12.5. The van der Waals surface area contributed by atoms with Crippen LogP contribution in [-0.4, -0.2) is 53.3 Å². The van der Waals surface area contributed by atoms with Crippen molar-refractivity contribution in [2.75, 3.05) is 26.7 Å². The Morgan fingerprint density at radius 1 is 0.971 bits per heavy atom. The monoisotopic (exact) mass is 477 g/mol. The molecule has 3 aromatic rings. The van der Waals surface area contributed by atoms with Gasteiger partial charge < -0.3 is 19.5 Å². The molecule has 2 aromatic carbocycles. The van der Waals surface area contributed by atoms with Crippen LogP contribution in [0.5, 0.6) is 5.75 Å². The van der Waals surface area contributed by atoms with Gasteiger partial charge in [0, 0.05) is 42.1 Å². The third kappa shape index (κ3) is 7.10. The van der Waals surface area contributed by atoms with Crippen LogP contribution in [0.2, 0.25) is 0 Å². The number of amides is 2. The number of carbonyl (C=O) groups is 2. The Bertz CT molecular complexity index is 1110. The summed E-state index contributed by atoms with van der Waals surface area (Å²) in [5.41, 5.74) is 2.78. The minimum atomic E-state index is -0.529. The lowest BCUT2D eigenvalue weighted by molar-refractivity contribution is -0.145. The minimum Gasteiger partial charge on any atom is -0.497 e. The average molecular weight is 478 g/mol. The third-order valence-corrected chi connectivity index (χ3v) is 6.25. The Morgan fingerprint density at radius 2 is 1.69 bits per heavy atom. The topological polar surface area (TPSA) is 65.6 Å². The van der Waals surface area contributed by atoms with E-state index in [4.69, 9.17) is 4.74 Å². The lowest BCUT2D eigenvalue weighted by Gasteiger charge is -2.31. The number of nitrogens with one attached hydrogen (secondary N) is 1. The number of carbonyl (C=O) groups excluding carboxylic acids is 2. The summed E-state index contributed by atoms with van der Waals surface area (Å²) in [6, 6.07) is 16.0. The molecular formula is C29H39N3O3. The molecule has 0 saturated heterocycles. The highest BCUT2D eigenvalue weighted by atomic mass is 16.5. The number of nitrogens with zero attached hydrogens (tertiary/aromatic N) is 2. The van der Waals surface area contributed by atoms with Crippen molar-refractivity contribution in [3.63, 3.8) is 0 Å². The van der Waals surface area contributed by atoms with E-state index in [0.717, 1.165) is 36.1 Å². The molecule has 0 unspecified atom stereocenters. The largest absolute Gasteiger partial charge is 0.497 e. The van der Waals surface area contributed by atoms with Crippen molar-refractivity contribution < 1.29 is 14.3 Å². The van der Waals surface area contributed by atoms with Crippen molar-refractivity contribution in [3.05, 3.63) is 65.9 Å². The van der Waals surface area contributed by atoms with Crippen molar-refractivity contribution >= 4 is 22.7 Å². The molecule has 0 bridgehead atoms. The predicted molar refractivity (Wildman–Crippen MR) is 141 cm³/mol. The first-order valence-electron chi connectivity index (χ1n) is 12.5. The van der Waals surface area contributed by atoms with E-state index in [-0.39, 0.29) is 18.4 Å². The number of H-pyrrole nitrogens is 1. The van der Waals surface area contributed by atoms with Crippen LogP contribution in [0.3, 0.4) is 0 Å². The molecule has 0 spiro atoms. The minimum absolute atomic E-state index is 0.0142. The van der Waals surface area contributed by atoms with Crippen molar-refractivity contribution in [1.29, 1.82) is 0 Å². The Morgan fingerprint density at radius 3 is 2.34 bits per heavy atom. The predicted octanol–water partition coefficient (Wildman–Crippen LogP) is 5.42. The number of para-hydroxylation sites is 1. The molecule has 0 aliphatic carbocycles. The molecule has 35 heavy (non-hydrogen) atoms. The van der Waals surface area contributed by atoms with E-state index in [1.807, 2.05) is 68.3 Å². The number of fused-ring (bicyclic) bond motifs is 1. The summed E-state index contributed by atoms with van der Waals surface area (Å²) in [6.07, 6.45) is 4.60. The molecule has 188 valence electrons. The van der Waals surface area contributed by atoms with Crippen LogP contribution < -0.4 is 4.74 Å². The molecule has 6 heteroatoms. The van der Waals surface area contributed by atoms with Gasteiger partial charge in [0.15, 0.2) is 0 Å². The van der Waals surface area contributed by atoms with Gasteiger partial charge in [0.25, 0.3) is 0 Å². The first-order chi connectivity index (χ1) is 16.7. The smallest absolute Gasteiger partial charge is 0.242 e. The zero-order valence-corrected chi connectivity index (χ0v) is 21.8. The molecule has 0 aliphatic heterocycles. The molecule has 1 aromatic heterocycles. The summed E-state index contributed by atoms with van der Waals surface area (Å²) in [5.74, 6) is 0.765. The summed E-state index contributed by atoms with van der Waals surface area (Å²) in [6.45, 7) is 9.56. The second kappa shape index (κ2) is 11.9. The molecule has 0 fully saturated rings. The fraction of sp³-hybridized carbons (Fsp3) is 0.448. The Balaban J connectivity index is 1.80. The van der Waals surface area contributed by atoms with Crippen LogP contribution in [0.15, 0.2) is 54.7 Å². The molecule has 1 N–H and O–H groups in total. The van der Waals surface area contributed by atoms with Gasteiger partial charge in [0.1, 0.15) is 5.75 Å². The highest BCUT2D eigenvalue weighted by Gasteiger charge is 2.29. The van der Waals surface area contributed by atoms with Crippen LogP contribution >= 0.6 is 0 Å². The van der Waals surface area contributed by atoms with Crippen LogP contribution in [-0.2, 0) is 22.6 Å². The molecule has 6 nitrogen and oxygen atoms in total. The van der Waals surface area contributed by atoms with Crippen molar-refractivity contribution in [1.82, 2.24) is 14.8 Å². The van der Waals surface area contributed by atoms with E-state index in [0.29, 0.717) is 19.6 Å². The lowest BCUT2D eigenvalue weighted by Crippen LogP contribution is -2.47. The molecule has 0 aliphatic rings. The summed E-state index contributed by atoms with van der Waals surface area (Å²) in [4.78, 5) is 33.6. The van der Waals surface area contributed by atoms with Crippen molar-refractivity contribution in [3.8, 4) is 5.75 Å². The number of rotatable bonds is 11. The van der Waals surface area contributed by atoms with Crippen molar-refractivity contribution in [2.24, 2.45) is 5.41 Å². The molecule has 3 rings (SSSR count). The van der Waals surface area contributed by atoms with E-state index in [2.05, 4.69) is 24.0 Å². The zero-order chi connectivity index (χ0) is 25.4. The molecule has 0 radical (unpaired) electrons. The fourth-order valence-corrected chi connectivity index (χ4v) is 4.18. The van der Waals surface area contributed by atoms with Gasteiger partial charge in [-0.25, -0.2) is 0 Å². The maximum Gasteiger partial charge on any atom is 0.242 e. The van der Waals surface area contributed by atoms with E-state index < -0.39 is 5.41 Å². The van der Waals surface area contributed by atoms with Gasteiger partial charge in [0.05, 0.1) is 13.7 Å². The summed E-state index contributed by atoms with van der Waals surface area (Å²) in [7, 11) is 1.64. The average Bonchev–Trinajstić information content (AvgIpc) is 3.26. The number of hydrogen-bond acceptors (Lipinski definition) is 3. The van der Waals surface area contributed by atoms with Gasteiger partial charge in [-0.2, -0.15) is 0 Å². The molecule has 0 atom stereocenters. The van der Waals surface area contributed by atoms with Crippen molar-refractivity contribution in [2.45, 2.75) is 53.5 Å². The highest BCUT2D eigenvalue weighted by molar-refractivity contribution is 5.87. The number of ether oxygens (including phenoxy) is 1. The first kappa shape index (κ1) is 26.3. The zero-order valence-electron chi connectivity index (χ0n) is 21.8. The lowest BCUT2D eigenvalue weighted by atomic mass is 9.94. The number of unbranched alkanes of at least 4 members (excludes halogenated alkanes) is 1.